The predicted octanol–water partition coefficient (Wildman–Crippen LogP) is 0.724. The van der Waals surface area contributed by atoms with Gasteiger partial charge in [-0.25, -0.2) is 0 Å². The van der Waals surface area contributed by atoms with Crippen LogP contribution in [0.3, 0.4) is 0 Å². The maximum atomic E-state index is 9.07. The van der Waals surface area contributed by atoms with E-state index in [0.717, 1.165) is 25.7 Å². The molecule has 0 amide bonds. The second kappa shape index (κ2) is 3.44. The Morgan fingerprint density at radius 3 is 2.22 bits per heavy atom. The Morgan fingerprint density at radius 2 is 1.78 bits per heavy atom. The minimum absolute atomic E-state index is 0.0528. The van der Waals surface area contributed by atoms with Crippen molar-refractivity contribution in [3.63, 3.8) is 0 Å². The highest BCUT2D eigenvalue weighted by molar-refractivity contribution is 7.78. The molecule has 0 bridgehead atoms. The van der Waals surface area contributed by atoms with E-state index >= 15 is 0 Å². The van der Waals surface area contributed by atoms with E-state index in [-0.39, 0.29) is 6.10 Å². The van der Waals surface area contributed by atoms with Crippen molar-refractivity contribution in [2.75, 3.05) is 0 Å². The van der Waals surface area contributed by atoms with E-state index < -0.39 is 0 Å². The van der Waals surface area contributed by atoms with Crippen molar-refractivity contribution >= 4 is 12.8 Å². The van der Waals surface area contributed by atoms with Gasteiger partial charge in [-0.05, 0) is 25.7 Å². The van der Waals surface area contributed by atoms with Gasteiger partial charge in [-0.2, -0.15) is 0 Å². The average molecular weight is 147 g/mol. The fourth-order valence-electron chi connectivity index (χ4n) is 1.20. The number of aliphatic hydroxyl groups is 1. The molecule has 54 valence electrons. The minimum atomic E-state index is -0.0528. The maximum absolute atomic E-state index is 9.07. The lowest BCUT2D eigenvalue weighted by Crippen LogP contribution is -2.29. The van der Waals surface area contributed by atoms with Crippen LogP contribution in [0.1, 0.15) is 25.7 Å². The lowest BCUT2D eigenvalue weighted by atomic mass is 9.94. The molecule has 0 aliphatic heterocycles. The Balaban J connectivity index is 2.18. The van der Waals surface area contributed by atoms with Crippen LogP contribution in [0.4, 0.5) is 0 Å². The summed E-state index contributed by atoms with van der Waals surface area (Å²) in [7, 11) is 0. The molecule has 1 aliphatic rings. The summed E-state index contributed by atoms with van der Waals surface area (Å²) in [6, 6.07) is 0.525. The van der Waals surface area contributed by atoms with E-state index in [1.807, 2.05) is 0 Å². The summed E-state index contributed by atoms with van der Waals surface area (Å²) in [5.41, 5.74) is 0. The van der Waals surface area contributed by atoms with E-state index in [2.05, 4.69) is 17.5 Å². The van der Waals surface area contributed by atoms with Crippen LogP contribution in [0.15, 0.2) is 0 Å². The Hall–Kier alpha value is 0.270. The molecule has 2 nitrogen and oxygen atoms in total. The Bertz CT molecular complexity index is 81.1. The Labute approximate surface area is 61.2 Å². The molecule has 3 heteroatoms. The van der Waals surface area contributed by atoms with Crippen molar-refractivity contribution < 1.29 is 5.11 Å². The van der Waals surface area contributed by atoms with Gasteiger partial charge in [-0.1, -0.05) is 12.8 Å². The molecule has 0 aromatic carbocycles. The molecule has 1 rings (SSSR count). The first-order valence-corrected chi connectivity index (χ1v) is 3.85. The number of rotatable bonds is 1. The van der Waals surface area contributed by atoms with E-state index in [9.17, 15) is 0 Å². The van der Waals surface area contributed by atoms with Gasteiger partial charge in [0, 0.05) is 6.04 Å². The van der Waals surface area contributed by atoms with Gasteiger partial charge in [0.05, 0.1) is 6.10 Å². The molecule has 0 spiro atoms. The summed E-state index contributed by atoms with van der Waals surface area (Å²) in [6.07, 6.45) is 3.93. The summed E-state index contributed by atoms with van der Waals surface area (Å²) >= 11 is 3.96. The monoisotopic (exact) mass is 147 g/mol. The SMILES string of the molecule is OC1CCC(NS)CC1. The first-order valence-electron chi connectivity index (χ1n) is 3.40. The largest absolute Gasteiger partial charge is 0.393 e. The predicted molar refractivity (Wildman–Crippen MR) is 40.4 cm³/mol. The third-order valence-electron chi connectivity index (χ3n) is 1.88. The van der Waals surface area contributed by atoms with E-state index in [1.54, 1.807) is 0 Å². The van der Waals surface area contributed by atoms with Crippen molar-refractivity contribution in [1.82, 2.24) is 4.72 Å². The minimum Gasteiger partial charge on any atom is -0.393 e. The average Bonchev–Trinajstić information content (AvgIpc) is 1.90. The number of hydrogen-bond acceptors (Lipinski definition) is 3. The van der Waals surface area contributed by atoms with Crippen molar-refractivity contribution in [3.8, 4) is 0 Å². The fourth-order valence-corrected chi connectivity index (χ4v) is 1.46. The quantitative estimate of drug-likeness (QED) is 0.478. The van der Waals surface area contributed by atoms with E-state index in [0.29, 0.717) is 6.04 Å². The molecular weight excluding hydrogens is 134 g/mol. The lowest BCUT2D eigenvalue weighted by molar-refractivity contribution is 0.121. The van der Waals surface area contributed by atoms with Crippen molar-refractivity contribution in [1.29, 1.82) is 0 Å². The molecule has 1 aliphatic carbocycles. The third kappa shape index (κ3) is 2.16. The van der Waals surface area contributed by atoms with Crippen LogP contribution in [0.5, 0.6) is 0 Å². The first-order chi connectivity index (χ1) is 4.33. The summed E-state index contributed by atoms with van der Waals surface area (Å²) in [5.74, 6) is 0. The molecule has 0 heterocycles. The van der Waals surface area contributed by atoms with Crippen LogP contribution in [0.2, 0.25) is 0 Å². The van der Waals surface area contributed by atoms with Crippen molar-refractivity contribution in [3.05, 3.63) is 0 Å². The topological polar surface area (TPSA) is 32.3 Å². The lowest BCUT2D eigenvalue weighted by Gasteiger charge is -2.23. The van der Waals surface area contributed by atoms with Crippen LogP contribution < -0.4 is 4.72 Å². The molecule has 0 aromatic rings. The van der Waals surface area contributed by atoms with Crippen LogP contribution >= 0.6 is 12.8 Å². The summed E-state index contributed by atoms with van der Waals surface area (Å²) in [6.45, 7) is 0. The Morgan fingerprint density at radius 1 is 1.22 bits per heavy atom. The highest BCUT2D eigenvalue weighted by Crippen LogP contribution is 2.18. The van der Waals surface area contributed by atoms with Gasteiger partial charge in [-0.15, -0.1) is 0 Å². The molecule has 9 heavy (non-hydrogen) atoms. The van der Waals surface area contributed by atoms with Crippen molar-refractivity contribution in [2.24, 2.45) is 0 Å². The van der Waals surface area contributed by atoms with Gasteiger partial charge in [0.25, 0.3) is 0 Å². The molecular formula is C6H13NOS. The highest BCUT2D eigenvalue weighted by atomic mass is 32.1. The van der Waals surface area contributed by atoms with Crippen LogP contribution in [-0.2, 0) is 0 Å². The number of hydrogen-bond donors (Lipinski definition) is 3. The molecule has 0 atom stereocenters. The fraction of sp³-hybridized carbons (Fsp3) is 1.00. The van der Waals surface area contributed by atoms with Crippen LogP contribution in [0.25, 0.3) is 0 Å². The number of thiol groups is 1. The number of nitrogens with one attached hydrogen (secondary N) is 1. The van der Waals surface area contributed by atoms with Gasteiger partial charge < -0.3 is 5.11 Å². The Kier molecular flexibility index (Phi) is 2.82. The van der Waals surface area contributed by atoms with E-state index in [1.165, 1.54) is 0 Å². The van der Waals surface area contributed by atoms with Gasteiger partial charge in [0.1, 0.15) is 0 Å². The van der Waals surface area contributed by atoms with Gasteiger partial charge >= 0.3 is 0 Å². The van der Waals surface area contributed by atoms with Crippen LogP contribution in [-0.4, -0.2) is 17.3 Å². The highest BCUT2D eigenvalue weighted by Gasteiger charge is 2.17. The molecule has 2 N–H and O–H groups in total. The zero-order valence-corrected chi connectivity index (χ0v) is 6.27. The van der Waals surface area contributed by atoms with Crippen molar-refractivity contribution in [2.45, 2.75) is 37.8 Å². The molecule has 0 unspecified atom stereocenters. The van der Waals surface area contributed by atoms with Crippen LogP contribution in [0, 0.1) is 0 Å². The molecule has 1 fully saturated rings. The molecule has 0 radical (unpaired) electrons. The molecule has 0 aromatic heterocycles. The number of aliphatic hydroxyl groups excluding tert-OH is 1. The summed E-state index contributed by atoms with van der Waals surface area (Å²) in [5, 5.41) is 9.07. The zero-order chi connectivity index (χ0) is 6.69. The van der Waals surface area contributed by atoms with Gasteiger partial charge in [-0.3, -0.25) is 4.72 Å². The van der Waals surface area contributed by atoms with E-state index in [4.69, 9.17) is 5.11 Å². The molecule has 1 saturated carbocycles. The third-order valence-corrected chi connectivity index (χ3v) is 2.24. The normalized spacial score (nSPS) is 36.7. The first kappa shape index (κ1) is 7.38. The van der Waals surface area contributed by atoms with Gasteiger partial charge in [0.15, 0.2) is 0 Å². The molecule has 0 saturated heterocycles. The van der Waals surface area contributed by atoms with Gasteiger partial charge in [0.2, 0.25) is 0 Å². The summed E-state index contributed by atoms with van der Waals surface area (Å²) < 4.78 is 2.91. The zero-order valence-electron chi connectivity index (χ0n) is 5.38. The summed E-state index contributed by atoms with van der Waals surface area (Å²) in [4.78, 5) is 0. The smallest absolute Gasteiger partial charge is 0.0541 e. The standard InChI is InChI=1S/C6H13NOS/c8-6-3-1-5(7-9)2-4-6/h5-9H,1-4H2. The maximum Gasteiger partial charge on any atom is 0.0541 e. The second-order valence-electron chi connectivity index (χ2n) is 2.63. The second-order valence-corrected chi connectivity index (χ2v) is 2.89.